The number of hydrogen-bond acceptors (Lipinski definition) is 5. The van der Waals surface area contributed by atoms with Gasteiger partial charge < -0.3 is 15.3 Å². The summed E-state index contributed by atoms with van der Waals surface area (Å²) in [5, 5.41) is 27.6. The molecule has 0 spiro atoms. The number of nitrogens with zero attached hydrogens (tertiary/aromatic N) is 2. The van der Waals surface area contributed by atoms with Crippen LogP contribution in [0, 0.1) is 29.6 Å². The molecular formula is C53H78N2O3. The highest BCUT2D eigenvalue weighted by Crippen LogP contribution is 2.22. The molecule has 0 amide bonds. The monoisotopic (exact) mass is 791 g/mol. The van der Waals surface area contributed by atoms with E-state index in [1.807, 2.05) is 42.9 Å². The molecule has 2 heterocycles. The van der Waals surface area contributed by atoms with Crippen LogP contribution in [0.1, 0.15) is 129 Å². The fraction of sp³-hybridized carbons (Fsp3) is 0.472. The van der Waals surface area contributed by atoms with E-state index in [0.29, 0.717) is 11.7 Å². The second kappa shape index (κ2) is 31.4. The maximum atomic E-state index is 9.20. The molecule has 0 aliphatic carbocycles. The first-order valence-electron chi connectivity index (χ1n) is 21.7. The molecule has 0 unspecified atom stereocenters. The summed E-state index contributed by atoms with van der Waals surface area (Å²) in [7, 11) is 0. The van der Waals surface area contributed by atoms with Crippen molar-refractivity contribution in [1.29, 1.82) is 0 Å². The van der Waals surface area contributed by atoms with Gasteiger partial charge in [0.2, 0.25) is 0 Å². The van der Waals surface area contributed by atoms with Gasteiger partial charge in [-0.05, 0) is 165 Å². The van der Waals surface area contributed by atoms with Gasteiger partial charge in [-0.25, -0.2) is 0 Å². The maximum absolute atomic E-state index is 9.20. The first-order chi connectivity index (χ1) is 27.6. The number of aromatic nitrogens is 2. The van der Waals surface area contributed by atoms with Crippen molar-refractivity contribution in [3.8, 4) is 17.2 Å². The minimum Gasteiger partial charge on any atom is -0.508 e. The standard InChI is InChI=1S/C11H16O2.C11H16O.C11H16.2C10H15N/c1-8(2)3-4-9-5-10(12)7-11(13)6-9;1-9(2)6-7-10-4-3-5-11(12)8-10;1-10(2)8-9-11-6-4-3-5-7-11;1-9(2)3-4-10-5-7-11-8-6-10;1-9(2)6-7-10-5-3-4-8-11-10/h5-8,12-13H,3-4H2,1-2H3;3-5,8-9,12H,6-7H2,1-2H3;3-7,10H,8-9H2,1-2H3;5-9H,3-4H2,1-2H3;3-5,8-9H,6-7H2,1-2H3. The Morgan fingerprint density at radius 3 is 1.24 bits per heavy atom. The normalized spacial score (nSPS) is 10.5. The average Bonchev–Trinajstić information content (AvgIpc) is 3.19. The quantitative estimate of drug-likeness (QED) is 0.0983. The van der Waals surface area contributed by atoms with Crippen LogP contribution in [0.4, 0.5) is 0 Å². The molecule has 0 saturated heterocycles. The number of pyridine rings is 2. The van der Waals surface area contributed by atoms with Crippen LogP contribution in [0.2, 0.25) is 0 Å². The second-order valence-corrected chi connectivity index (χ2v) is 17.4. The highest BCUT2D eigenvalue weighted by Gasteiger charge is 2.01. The summed E-state index contributed by atoms with van der Waals surface area (Å²) in [6.45, 7) is 22.2. The van der Waals surface area contributed by atoms with Crippen LogP contribution in [-0.4, -0.2) is 25.3 Å². The maximum Gasteiger partial charge on any atom is 0.119 e. The van der Waals surface area contributed by atoms with E-state index >= 15 is 0 Å². The molecule has 0 aliphatic rings. The molecule has 0 bridgehead atoms. The molecule has 0 saturated carbocycles. The van der Waals surface area contributed by atoms with Crippen LogP contribution >= 0.6 is 0 Å². The fourth-order valence-electron chi connectivity index (χ4n) is 5.51. The molecule has 3 aromatic carbocycles. The number of aryl methyl sites for hydroxylation is 5. The van der Waals surface area contributed by atoms with Crippen LogP contribution in [0.15, 0.2) is 122 Å². The molecule has 3 N–H and O–H groups in total. The van der Waals surface area contributed by atoms with Gasteiger partial charge in [-0.1, -0.05) is 118 Å². The fourth-order valence-corrected chi connectivity index (χ4v) is 5.51. The third-order valence-electron chi connectivity index (χ3n) is 9.21. The molecule has 318 valence electrons. The topological polar surface area (TPSA) is 86.5 Å². The molecule has 0 radical (unpaired) electrons. The summed E-state index contributed by atoms with van der Waals surface area (Å²) >= 11 is 0. The largest absolute Gasteiger partial charge is 0.508 e. The third kappa shape index (κ3) is 29.6. The molecule has 5 rings (SSSR count). The molecule has 0 atom stereocenters. The SMILES string of the molecule is CC(C)CCc1cc(O)cc(O)c1.CC(C)CCc1cccc(O)c1.CC(C)CCc1ccccc1.CC(C)CCc1ccccn1.CC(C)CCc1ccncc1. The van der Waals surface area contributed by atoms with Crippen molar-refractivity contribution in [3.05, 3.63) is 150 Å². The Morgan fingerprint density at radius 2 is 0.776 bits per heavy atom. The highest BCUT2D eigenvalue weighted by molar-refractivity contribution is 5.36. The third-order valence-corrected chi connectivity index (χ3v) is 9.21. The van der Waals surface area contributed by atoms with Crippen LogP contribution in [0.3, 0.4) is 0 Å². The van der Waals surface area contributed by atoms with Crippen molar-refractivity contribution < 1.29 is 15.3 Å². The lowest BCUT2D eigenvalue weighted by Crippen LogP contribution is -1.93. The smallest absolute Gasteiger partial charge is 0.119 e. The zero-order chi connectivity index (χ0) is 43.1. The molecule has 2 aromatic heterocycles. The summed E-state index contributed by atoms with van der Waals surface area (Å²) in [4.78, 5) is 8.22. The van der Waals surface area contributed by atoms with Gasteiger partial charge in [0.1, 0.15) is 17.2 Å². The molecule has 5 heteroatoms. The molecule has 0 fully saturated rings. The van der Waals surface area contributed by atoms with E-state index in [-0.39, 0.29) is 11.5 Å². The highest BCUT2D eigenvalue weighted by atomic mass is 16.3. The minimum atomic E-state index is 0.138. The van der Waals surface area contributed by atoms with Gasteiger partial charge >= 0.3 is 0 Å². The predicted molar refractivity (Wildman–Crippen MR) is 249 cm³/mol. The van der Waals surface area contributed by atoms with Gasteiger partial charge in [-0.2, -0.15) is 0 Å². The molecular weight excluding hydrogens is 713 g/mol. The van der Waals surface area contributed by atoms with Crippen molar-refractivity contribution in [2.45, 2.75) is 133 Å². The van der Waals surface area contributed by atoms with Crippen molar-refractivity contribution in [2.75, 3.05) is 0 Å². The Hall–Kier alpha value is -4.64. The molecule has 58 heavy (non-hydrogen) atoms. The summed E-state index contributed by atoms with van der Waals surface area (Å²) in [5.41, 5.74) is 6.28. The predicted octanol–water partition coefficient (Wildman–Crippen LogP) is 14.3. The van der Waals surface area contributed by atoms with E-state index in [0.717, 1.165) is 54.9 Å². The average molecular weight is 791 g/mol. The van der Waals surface area contributed by atoms with Crippen molar-refractivity contribution >= 4 is 0 Å². The van der Waals surface area contributed by atoms with Gasteiger partial charge in [0.25, 0.3) is 0 Å². The zero-order valence-electron chi connectivity index (χ0n) is 37.7. The van der Waals surface area contributed by atoms with Crippen molar-refractivity contribution in [3.63, 3.8) is 0 Å². The van der Waals surface area contributed by atoms with Gasteiger partial charge in [0.15, 0.2) is 0 Å². The summed E-state index contributed by atoms with van der Waals surface area (Å²) in [6.07, 6.45) is 17.1. The van der Waals surface area contributed by atoms with Crippen LogP contribution in [0.25, 0.3) is 0 Å². The van der Waals surface area contributed by atoms with Crippen LogP contribution in [0.5, 0.6) is 17.2 Å². The Kier molecular flexibility index (Phi) is 27.8. The van der Waals surface area contributed by atoms with Crippen LogP contribution < -0.4 is 0 Å². The Labute approximate surface area is 354 Å². The number of phenolic OH excluding ortho intramolecular Hbond substituents is 3. The number of hydrogen-bond donors (Lipinski definition) is 3. The first-order valence-corrected chi connectivity index (χ1v) is 21.7. The first kappa shape index (κ1) is 51.4. The molecule has 5 nitrogen and oxygen atoms in total. The summed E-state index contributed by atoms with van der Waals surface area (Å²) < 4.78 is 0. The van der Waals surface area contributed by atoms with Crippen molar-refractivity contribution in [2.24, 2.45) is 29.6 Å². The Balaban J connectivity index is 0.000000363. The molecule has 5 aromatic rings. The Morgan fingerprint density at radius 1 is 0.362 bits per heavy atom. The van der Waals surface area contributed by atoms with E-state index in [1.54, 1.807) is 18.2 Å². The van der Waals surface area contributed by atoms with E-state index < -0.39 is 0 Å². The zero-order valence-corrected chi connectivity index (χ0v) is 37.7. The lowest BCUT2D eigenvalue weighted by molar-refractivity contribution is 0.448. The van der Waals surface area contributed by atoms with Gasteiger partial charge in [0, 0.05) is 30.4 Å². The van der Waals surface area contributed by atoms with Gasteiger partial charge in [0.05, 0.1) is 0 Å². The Bertz CT molecular complexity index is 1550. The van der Waals surface area contributed by atoms with E-state index in [2.05, 4.69) is 134 Å². The molecule has 0 aliphatic heterocycles. The number of phenols is 3. The van der Waals surface area contributed by atoms with Gasteiger partial charge in [-0.3, -0.25) is 9.97 Å². The summed E-state index contributed by atoms with van der Waals surface area (Å²) in [6, 6.07) is 33.2. The number of benzene rings is 3. The lowest BCUT2D eigenvalue weighted by atomic mass is 10.0. The van der Waals surface area contributed by atoms with Crippen molar-refractivity contribution in [1.82, 2.24) is 9.97 Å². The van der Waals surface area contributed by atoms with Crippen LogP contribution in [-0.2, 0) is 32.1 Å². The van der Waals surface area contributed by atoms with E-state index in [1.165, 1.54) is 67.0 Å². The second-order valence-electron chi connectivity index (χ2n) is 17.4. The summed E-state index contributed by atoms with van der Waals surface area (Å²) in [5.74, 6) is 4.40. The van der Waals surface area contributed by atoms with Gasteiger partial charge in [-0.15, -0.1) is 0 Å². The number of aromatic hydroxyl groups is 3. The lowest BCUT2D eigenvalue weighted by Gasteiger charge is -2.05. The number of rotatable bonds is 15. The van der Waals surface area contributed by atoms with E-state index in [9.17, 15) is 15.3 Å². The minimum absolute atomic E-state index is 0.138. The van der Waals surface area contributed by atoms with E-state index in [4.69, 9.17) is 0 Å².